The molecular weight excluding hydrogens is 364 g/mol. The zero-order valence-electron chi connectivity index (χ0n) is 15.1. The van der Waals surface area contributed by atoms with E-state index >= 15 is 0 Å². The minimum absolute atomic E-state index is 0.0897. The Morgan fingerprint density at radius 2 is 2.07 bits per heavy atom. The van der Waals surface area contributed by atoms with Crippen molar-refractivity contribution in [1.29, 1.82) is 0 Å². The molecular formula is C20H23ClN4O2. The topological polar surface area (TPSA) is 92.1 Å². The van der Waals surface area contributed by atoms with Gasteiger partial charge in [0.1, 0.15) is 5.69 Å². The quantitative estimate of drug-likeness (QED) is 0.846. The van der Waals surface area contributed by atoms with E-state index in [0.29, 0.717) is 30.8 Å². The molecule has 1 aromatic heterocycles. The van der Waals surface area contributed by atoms with Crippen LogP contribution in [0, 0.1) is 0 Å². The number of hydrogen-bond acceptors (Lipinski definition) is 4. The predicted molar refractivity (Wildman–Crippen MR) is 104 cm³/mol. The number of carbonyl (C=O) groups excluding carboxylic acids is 1. The largest absolute Gasteiger partial charge is 0.334 e. The second-order valence-electron chi connectivity index (χ2n) is 7.53. The number of fused-ring (bicyclic) bond motifs is 1. The average molecular weight is 387 g/mol. The molecule has 0 unspecified atom stereocenters. The number of nitrogens with one attached hydrogen (secondary N) is 1. The van der Waals surface area contributed by atoms with Crippen molar-refractivity contribution in [1.82, 2.24) is 14.9 Å². The monoisotopic (exact) mass is 386 g/mol. The number of carbonyl (C=O) groups is 1. The highest BCUT2D eigenvalue weighted by molar-refractivity contribution is 6.30. The van der Waals surface area contributed by atoms with Crippen molar-refractivity contribution in [2.75, 3.05) is 13.1 Å². The summed E-state index contributed by atoms with van der Waals surface area (Å²) in [5.41, 5.74) is 7.87. The van der Waals surface area contributed by atoms with Crippen LogP contribution in [0.4, 0.5) is 0 Å². The van der Waals surface area contributed by atoms with E-state index in [2.05, 4.69) is 16.0 Å². The van der Waals surface area contributed by atoms with Crippen LogP contribution in [-0.4, -0.2) is 39.9 Å². The van der Waals surface area contributed by atoms with E-state index < -0.39 is 0 Å². The summed E-state index contributed by atoms with van der Waals surface area (Å²) in [5.74, 6) is -0.129. The number of rotatable bonds is 3. The number of aromatic nitrogens is 2. The van der Waals surface area contributed by atoms with Gasteiger partial charge in [-0.05, 0) is 49.8 Å². The molecule has 0 radical (unpaired) electrons. The standard InChI is InChI=1S/C20H23ClN4O2/c21-14-3-1-2-13(10-14)20(11-22)7-4-15(5-8-20)25-9-6-16-17(19(25)27)23-12-24-18(16)26/h1-3,10,12,15H,4-9,11,22H2,(H,23,24,26)/t15-,20-. The fraction of sp³-hybridized carbons (Fsp3) is 0.450. The molecule has 3 N–H and O–H groups in total. The number of nitrogens with zero attached hydrogens (tertiary/aromatic N) is 2. The van der Waals surface area contributed by atoms with Crippen LogP contribution in [0.25, 0.3) is 0 Å². The van der Waals surface area contributed by atoms with E-state index in [9.17, 15) is 9.59 Å². The molecule has 4 rings (SSSR count). The van der Waals surface area contributed by atoms with Crippen LogP contribution in [0.2, 0.25) is 5.02 Å². The Kier molecular flexibility index (Phi) is 4.78. The maximum Gasteiger partial charge on any atom is 0.273 e. The molecule has 142 valence electrons. The van der Waals surface area contributed by atoms with Crippen LogP contribution in [0.15, 0.2) is 35.4 Å². The summed E-state index contributed by atoms with van der Waals surface area (Å²) in [7, 11) is 0. The van der Waals surface area contributed by atoms with Crippen molar-refractivity contribution in [3.05, 3.63) is 62.8 Å². The van der Waals surface area contributed by atoms with Crippen LogP contribution in [0.1, 0.15) is 47.3 Å². The number of aromatic amines is 1. The SMILES string of the molecule is NC[C@]1(c2cccc(Cl)c2)CC[C@H](N2CCc3c(nc[nH]c3=O)C2=O)CC1. The van der Waals surface area contributed by atoms with Crippen LogP contribution in [-0.2, 0) is 11.8 Å². The molecule has 2 aromatic rings. The Morgan fingerprint density at radius 1 is 1.30 bits per heavy atom. The molecule has 2 aliphatic rings. The summed E-state index contributed by atoms with van der Waals surface area (Å²) in [5, 5.41) is 0.724. The normalized spacial score (nSPS) is 25.3. The Bertz CT molecular complexity index is 918. The van der Waals surface area contributed by atoms with E-state index in [1.54, 1.807) is 0 Å². The molecule has 1 saturated carbocycles. The Balaban J connectivity index is 1.52. The summed E-state index contributed by atoms with van der Waals surface area (Å²) in [6, 6.07) is 8.10. The lowest BCUT2D eigenvalue weighted by Gasteiger charge is -2.44. The highest BCUT2D eigenvalue weighted by atomic mass is 35.5. The van der Waals surface area contributed by atoms with Crippen molar-refractivity contribution in [3.8, 4) is 0 Å². The lowest BCUT2D eigenvalue weighted by molar-refractivity contribution is 0.0566. The first-order valence-electron chi connectivity index (χ1n) is 9.38. The Hall–Kier alpha value is -2.18. The first-order valence-corrected chi connectivity index (χ1v) is 9.75. The number of halogens is 1. The lowest BCUT2D eigenvalue weighted by Crippen LogP contribution is -2.50. The van der Waals surface area contributed by atoms with Gasteiger partial charge in [-0.15, -0.1) is 0 Å². The third-order valence-corrected chi connectivity index (χ3v) is 6.43. The van der Waals surface area contributed by atoms with Gasteiger partial charge in [0.2, 0.25) is 0 Å². The van der Waals surface area contributed by atoms with Gasteiger partial charge in [-0.3, -0.25) is 9.59 Å². The van der Waals surface area contributed by atoms with Crippen molar-refractivity contribution in [2.24, 2.45) is 5.73 Å². The van der Waals surface area contributed by atoms with Crippen molar-refractivity contribution in [3.63, 3.8) is 0 Å². The molecule has 1 aliphatic heterocycles. The number of amides is 1. The minimum atomic E-state index is -0.209. The number of nitrogens with two attached hydrogens (primary N) is 1. The number of benzene rings is 1. The van der Waals surface area contributed by atoms with Gasteiger partial charge in [-0.1, -0.05) is 23.7 Å². The van der Waals surface area contributed by atoms with Crippen molar-refractivity contribution >= 4 is 17.5 Å². The molecule has 1 aromatic carbocycles. The summed E-state index contributed by atoms with van der Waals surface area (Å²) >= 11 is 6.18. The summed E-state index contributed by atoms with van der Waals surface area (Å²) in [6.07, 6.45) is 5.45. The molecule has 0 atom stereocenters. The third-order valence-electron chi connectivity index (χ3n) is 6.20. The van der Waals surface area contributed by atoms with Crippen LogP contribution >= 0.6 is 11.6 Å². The molecule has 0 bridgehead atoms. The molecule has 6 nitrogen and oxygen atoms in total. The summed E-state index contributed by atoms with van der Waals surface area (Å²) in [6.45, 7) is 1.13. The fourth-order valence-electron chi connectivity index (χ4n) is 4.56. The molecule has 0 spiro atoms. The summed E-state index contributed by atoms with van der Waals surface area (Å²) in [4.78, 5) is 33.4. The van der Waals surface area contributed by atoms with E-state index in [-0.39, 0.29) is 22.9 Å². The van der Waals surface area contributed by atoms with Gasteiger partial charge in [-0.25, -0.2) is 4.98 Å². The molecule has 1 amide bonds. The highest BCUT2D eigenvalue weighted by Crippen LogP contribution is 2.41. The molecule has 1 aliphatic carbocycles. The highest BCUT2D eigenvalue weighted by Gasteiger charge is 2.40. The fourth-order valence-corrected chi connectivity index (χ4v) is 4.75. The maximum atomic E-state index is 12.9. The molecule has 27 heavy (non-hydrogen) atoms. The van der Waals surface area contributed by atoms with Gasteiger partial charge in [0.25, 0.3) is 11.5 Å². The van der Waals surface area contributed by atoms with Crippen molar-refractivity contribution in [2.45, 2.75) is 43.6 Å². The average Bonchev–Trinajstić information content (AvgIpc) is 2.69. The smallest absolute Gasteiger partial charge is 0.273 e. The van der Waals surface area contributed by atoms with E-state index in [4.69, 9.17) is 17.3 Å². The molecule has 7 heteroatoms. The summed E-state index contributed by atoms with van der Waals surface area (Å²) < 4.78 is 0. The zero-order valence-corrected chi connectivity index (χ0v) is 15.8. The first-order chi connectivity index (χ1) is 13.0. The molecule has 2 heterocycles. The van der Waals surface area contributed by atoms with Gasteiger partial charge < -0.3 is 15.6 Å². The molecule has 1 fully saturated rings. The molecule has 0 saturated heterocycles. The van der Waals surface area contributed by atoms with Gasteiger partial charge in [0.05, 0.1) is 11.9 Å². The van der Waals surface area contributed by atoms with Crippen LogP contribution < -0.4 is 11.3 Å². The van der Waals surface area contributed by atoms with Gasteiger partial charge >= 0.3 is 0 Å². The second-order valence-corrected chi connectivity index (χ2v) is 7.97. The van der Waals surface area contributed by atoms with E-state index in [1.807, 2.05) is 23.1 Å². The van der Waals surface area contributed by atoms with Gasteiger partial charge in [0, 0.05) is 29.6 Å². The van der Waals surface area contributed by atoms with Crippen LogP contribution in [0.5, 0.6) is 0 Å². The van der Waals surface area contributed by atoms with Crippen LogP contribution in [0.3, 0.4) is 0 Å². The van der Waals surface area contributed by atoms with E-state index in [1.165, 1.54) is 11.9 Å². The first kappa shape index (κ1) is 18.2. The number of hydrogen-bond donors (Lipinski definition) is 2. The van der Waals surface area contributed by atoms with Gasteiger partial charge in [-0.2, -0.15) is 0 Å². The van der Waals surface area contributed by atoms with Gasteiger partial charge in [0.15, 0.2) is 0 Å². The van der Waals surface area contributed by atoms with E-state index in [0.717, 1.165) is 30.7 Å². The Labute approximate surface area is 162 Å². The predicted octanol–water partition coefficient (Wildman–Crippen LogP) is 2.26. The zero-order chi connectivity index (χ0) is 19.0. The maximum absolute atomic E-state index is 12.9. The third kappa shape index (κ3) is 3.17. The lowest BCUT2D eigenvalue weighted by atomic mass is 9.68. The number of H-pyrrole nitrogens is 1. The second kappa shape index (κ2) is 7.09. The minimum Gasteiger partial charge on any atom is -0.334 e. The Morgan fingerprint density at radius 3 is 2.78 bits per heavy atom. The van der Waals surface area contributed by atoms with Crippen molar-refractivity contribution < 1.29 is 4.79 Å².